The van der Waals surface area contributed by atoms with Crippen molar-refractivity contribution >= 4 is 51.9 Å². The van der Waals surface area contributed by atoms with Crippen LogP contribution in [0.3, 0.4) is 0 Å². The van der Waals surface area contributed by atoms with Gasteiger partial charge in [0.05, 0.1) is 27.2 Å². The fourth-order valence-corrected chi connectivity index (χ4v) is 4.49. The van der Waals surface area contributed by atoms with Crippen molar-refractivity contribution in [2.24, 2.45) is 5.10 Å². The Morgan fingerprint density at radius 3 is 2.25 bits per heavy atom. The van der Waals surface area contributed by atoms with Gasteiger partial charge in [-0.05, 0) is 35.9 Å². The first-order chi connectivity index (χ1) is 17.5. The van der Waals surface area contributed by atoms with Crippen molar-refractivity contribution in [2.75, 3.05) is 0 Å². The van der Waals surface area contributed by atoms with E-state index in [1.807, 2.05) is 54.6 Å². The minimum atomic E-state index is -0.285. The van der Waals surface area contributed by atoms with Gasteiger partial charge in [-0.2, -0.15) is 9.78 Å². The predicted octanol–water partition coefficient (Wildman–Crippen LogP) is 7.48. The number of halogens is 3. The maximum absolute atomic E-state index is 13.3. The van der Waals surface area contributed by atoms with E-state index in [4.69, 9.17) is 44.5 Å². The number of fused-ring (bicyclic) bond motifs is 1. The molecule has 0 saturated carbocycles. The molecule has 5 rings (SSSR count). The fraction of sp³-hybridized carbons (Fsp3) is 0.0357. The number of benzene rings is 4. The molecule has 0 fully saturated rings. The summed E-state index contributed by atoms with van der Waals surface area (Å²) in [5.41, 5.74) is 2.48. The molecule has 0 N–H and O–H groups in total. The molecule has 1 aromatic heterocycles. The number of ether oxygens (including phenoxy) is 1. The Kier molecular flexibility index (Phi) is 7.05. The molecular formula is C28H18Cl3N3O2. The van der Waals surface area contributed by atoms with Crippen LogP contribution >= 0.6 is 34.8 Å². The van der Waals surface area contributed by atoms with Crippen molar-refractivity contribution in [1.82, 2.24) is 9.66 Å². The number of hydrogen-bond donors (Lipinski definition) is 0. The summed E-state index contributed by atoms with van der Waals surface area (Å²) in [5.74, 6) is 0.761. The first-order valence-corrected chi connectivity index (χ1v) is 12.1. The topological polar surface area (TPSA) is 56.5 Å². The third-order valence-electron chi connectivity index (χ3n) is 5.46. The SMILES string of the molecule is O=c1c2ccccc2nc(-c2ccccc2)n1N=Cc1cc(Cl)c(OCc2ccccc2Cl)c(Cl)c1. The molecule has 0 radical (unpaired) electrons. The van der Waals surface area contributed by atoms with Gasteiger partial charge < -0.3 is 4.74 Å². The van der Waals surface area contributed by atoms with E-state index in [9.17, 15) is 4.79 Å². The van der Waals surface area contributed by atoms with E-state index in [0.29, 0.717) is 43.1 Å². The van der Waals surface area contributed by atoms with Crippen molar-refractivity contribution in [1.29, 1.82) is 0 Å². The van der Waals surface area contributed by atoms with Gasteiger partial charge in [0, 0.05) is 16.1 Å². The molecule has 0 aliphatic heterocycles. The average Bonchev–Trinajstić information content (AvgIpc) is 2.89. The lowest BCUT2D eigenvalue weighted by Crippen LogP contribution is -2.20. The summed E-state index contributed by atoms with van der Waals surface area (Å²) in [7, 11) is 0. The smallest absolute Gasteiger partial charge is 0.282 e. The normalized spacial score (nSPS) is 11.3. The standard InChI is InChI=1S/C28H18Cl3N3O2/c29-22-12-6-4-10-20(22)17-36-26-23(30)14-18(15-24(26)31)16-32-34-27(19-8-2-1-3-9-19)33-25-13-7-5-11-21(25)28(34)35/h1-16H,17H2. The lowest BCUT2D eigenvalue weighted by Gasteiger charge is -2.12. The van der Waals surface area contributed by atoms with Crippen molar-refractivity contribution in [2.45, 2.75) is 6.61 Å². The van der Waals surface area contributed by atoms with Crippen molar-refractivity contribution in [3.63, 3.8) is 0 Å². The molecule has 0 atom stereocenters. The fourth-order valence-electron chi connectivity index (χ4n) is 3.69. The highest BCUT2D eigenvalue weighted by atomic mass is 35.5. The van der Waals surface area contributed by atoms with Gasteiger partial charge in [-0.1, -0.05) is 95.5 Å². The molecule has 0 aliphatic rings. The van der Waals surface area contributed by atoms with Gasteiger partial charge in [-0.25, -0.2) is 4.98 Å². The Labute approximate surface area is 222 Å². The second-order valence-corrected chi connectivity index (χ2v) is 9.10. The van der Waals surface area contributed by atoms with E-state index in [1.165, 1.54) is 10.9 Å². The molecule has 0 unspecified atom stereocenters. The highest BCUT2D eigenvalue weighted by Crippen LogP contribution is 2.35. The van der Waals surface area contributed by atoms with Crippen LogP contribution in [0.15, 0.2) is 101 Å². The van der Waals surface area contributed by atoms with E-state index < -0.39 is 0 Å². The second kappa shape index (κ2) is 10.5. The zero-order valence-electron chi connectivity index (χ0n) is 18.7. The Morgan fingerprint density at radius 1 is 0.833 bits per heavy atom. The Morgan fingerprint density at radius 2 is 1.50 bits per heavy atom. The van der Waals surface area contributed by atoms with Gasteiger partial charge in [-0.15, -0.1) is 0 Å². The molecule has 1 heterocycles. The summed E-state index contributed by atoms with van der Waals surface area (Å²) in [5, 5.41) is 6.14. The molecule has 5 nitrogen and oxygen atoms in total. The number of rotatable bonds is 6. The zero-order chi connectivity index (χ0) is 25.1. The molecule has 178 valence electrons. The molecule has 5 aromatic rings. The molecule has 0 aliphatic carbocycles. The van der Waals surface area contributed by atoms with Crippen LogP contribution < -0.4 is 10.3 Å². The summed E-state index contributed by atoms with van der Waals surface area (Å²) in [6, 6.07) is 27.3. The van der Waals surface area contributed by atoms with Crippen LogP contribution in [0.4, 0.5) is 0 Å². The predicted molar refractivity (Wildman–Crippen MR) is 147 cm³/mol. The first kappa shape index (κ1) is 24.1. The monoisotopic (exact) mass is 533 g/mol. The highest BCUT2D eigenvalue weighted by molar-refractivity contribution is 6.37. The number of aromatic nitrogens is 2. The molecule has 0 spiro atoms. The minimum absolute atomic E-state index is 0.213. The van der Waals surface area contributed by atoms with Crippen LogP contribution in [0.5, 0.6) is 5.75 Å². The number of para-hydroxylation sites is 1. The van der Waals surface area contributed by atoms with Crippen molar-refractivity contribution in [3.05, 3.63) is 128 Å². The maximum Gasteiger partial charge on any atom is 0.282 e. The first-order valence-electron chi connectivity index (χ1n) is 11.0. The van der Waals surface area contributed by atoms with Crippen LogP contribution in [0.25, 0.3) is 22.3 Å². The van der Waals surface area contributed by atoms with Crippen LogP contribution in [-0.4, -0.2) is 15.9 Å². The minimum Gasteiger partial charge on any atom is -0.486 e. The van der Waals surface area contributed by atoms with Crippen LogP contribution in [0, 0.1) is 0 Å². The largest absolute Gasteiger partial charge is 0.486 e. The summed E-state index contributed by atoms with van der Waals surface area (Å²) >= 11 is 19.2. The highest BCUT2D eigenvalue weighted by Gasteiger charge is 2.13. The molecule has 4 aromatic carbocycles. The maximum atomic E-state index is 13.3. The van der Waals surface area contributed by atoms with E-state index in [2.05, 4.69) is 5.10 Å². The third-order valence-corrected chi connectivity index (χ3v) is 6.39. The molecular weight excluding hydrogens is 517 g/mol. The van der Waals surface area contributed by atoms with E-state index >= 15 is 0 Å². The molecule has 0 bridgehead atoms. The van der Waals surface area contributed by atoms with Crippen LogP contribution in [0.1, 0.15) is 11.1 Å². The van der Waals surface area contributed by atoms with E-state index in [-0.39, 0.29) is 12.2 Å². The summed E-state index contributed by atoms with van der Waals surface area (Å²) in [6.45, 7) is 0.213. The Bertz CT molecular complexity index is 1630. The van der Waals surface area contributed by atoms with Crippen LogP contribution in [-0.2, 0) is 6.61 Å². The third kappa shape index (κ3) is 5.00. The molecule has 8 heteroatoms. The summed E-state index contributed by atoms with van der Waals surface area (Å²) in [4.78, 5) is 18.0. The van der Waals surface area contributed by atoms with E-state index in [0.717, 1.165) is 11.1 Å². The van der Waals surface area contributed by atoms with Crippen molar-refractivity contribution < 1.29 is 4.74 Å². The lowest BCUT2D eigenvalue weighted by molar-refractivity contribution is 0.306. The zero-order valence-corrected chi connectivity index (χ0v) is 21.0. The van der Waals surface area contributed by atoms with Crippen molar-refractivity contribution in [3.8, 4) is 17.1 Å². The molecule has 36 heavy (non-hydrogen) atoms. The number of nitrogens with zero attached hydrogens (tertiary/aromatic N) is 3. The summed E-state index contributed by atoms with van der Waals surface area (Å²) in [6.07, 6.45) is 1.51. The molecule has 0 amide bonds. The van der Waals surface area contributed by atoms with Gasteiger partial charge in [0.1, 0.15) is 6.61 Å². The van der Waals surface area contributed by atoms with Gasteiger partial charge in [-0.3, -0.25) is 4.79 Å². The Balaban J connectivity index is 1.50. The van der Waals surface area contributed by atoms with Gasteiger partial charge >= 0.3 is 0 Å². The average molecular weight is 535 g/mol. The van der Waals surface area contributed by atoms with E-state index in [1.54, 1.807) is 36.4 Å². The molecule has 0 saturated heterocycles. The quantitative estimate of drug-likeness (QED) is 0.212. The van der Waals surface area contributed by atoms with Gasteiger partial charge in [0.25, 0.3) is 5.56 Å². The van der Waals surface area contributed by atoms with Crippen LogP contribution in [0.2, 0.25) is 15.1 Å². The number of hydrogen-bond acceptors (Lipinski definition) is 4. The summed E-state index contributed by atoms with van der Waals surface area (Å²) < 4.78 is 7.12. The Hall–Kier alpha value is -3.64. The van der Waals surface area contributed by atoms with Gasteiger partial charge in [0.2, 0.25) is 0 Å². The second-order valence-electron chi connectivity index (χ2n) is 7.87. The van der Waals surface area contributed by atoms with Gasteiger partial charge in [0.15, 0.2) is 11.6 Å². The lowest BCUT2D eigenvalue weighted by atomic mass is 10.2.